The average molecular weight is 367 g/mol. The first-order valence-electron chi connectivity index (χ1n) is 5.66. The predicted octanol–water partition coefficient (Wildman–Crippen LogP) is 4.70. The fourth-order valence-electron chi connectivity index (χ4n) is 2.21. The summed E-state index contributed by atoms with van der Waals surface area (Å²) in [6.07, 6.45) is -10.0. The zero-order valence-electron chi connectivity index (χ0n) is 10.3. The normalized spacial score (nSPS) is 24.2. The molecule has 122 valence electrons. The molecule has 1 N–H and O–H groups in total. The molecular weight excluding hydrogens is 361 g/mol. The van der Waals surface area contributed by atoms with Gasteiger partial charge in [-0.15, -0.1) is 0 Å². The number of carbonyl (C=O) groups is 1. The SMILES string of the molecule is O=C(O)C1[C@H](c2cc(C(F)(F)F)cc(C(F)(F)F)c2)C1(Cl)Cl. The van der Waals surface area contributed by atoms with E-state index in [0.717, 1.165) is 0 Å². The lowest BCUT2D eigenvalue weighted by Gasteiger charge is -2.14. The van der Waals surface area contributed by atoms with Crippen molar-refractivity contribution >= 4 is 29.2 Å². The Morgan fingerprint density at radius 1 is 1.00 bits per heavy atom. The van der Waals surface area contributed by atoms with Crippen molar-refractivity contribution in [1.29, 1.82) is 0 Å². The van der Waals surface area contributed by atoms with Crippen molar-refractivity contribution in [3.05, 3.63) is 34.9 Å². The van der Waals surface area contributed by atoms with Crippen LogP contribution in [0, 0.1) is 5.92 Å². The number of benzene rings is 1. The van der Waals surface area contributed by atoms with E-state index in [2.05, 4.69) is 0 Å². The largest absolute Gasteiger partial charge is 0.481 e. The number of hydrogen-bond acceptors (Lipinski definition) is 1. The van der Waals surface area contributed by atoms with Gasteiger partial charge in [0.05, 0.1) is 17.0 Å². The summed E-state index contributed by atoms with van der Waals surface area (Å²) in [5, 5.41) is 8.87. The Bertz CT molecular complexity index is 591. The predicted molar refractivity (Wildman–Crippen MR) is 64.7 cm³/mol. The van der Waals surface area contributed by atoms with E-state index in [-0.39, 0.29) is 6.07 Å². The fourth-order valence-corrected chi connectivity index (χ4v) is 3.02. The van der Waals surface area contributed by atoms with E-state index in [1.165, 1.54) is 0 Å². The van der Waals surface area contributed by atoms with Crippen LogP contribution in [0.25, 0.3) is 0 Å². The Morgan fingerprint density at radius 3 is 1.68 bits per heavy atom. The van der Waals surface area contributed by atoms with Crippen molar-refractivity contribution in [1.82, 2.24) is 0 Å². The summed E-state index contributed by atoms with van der Waals surface area (Å²) in [6.45, 7) is 0. The van der Waals surface area contributed by atoms with Crippen LogP contribution in [-0.2, 0) is 17.1 Å². The van der Waals surface area contributed by atoms with Gasteiger partial charge in [0.2, 0.25) is 0 Å². The van der Waals surface area contributed by atoms with Gasteiger partial charge in [-0.05, 0) is 23.8 Å². The van der Waals surface area contributed by atoms with Crippen LogP contribution in [0.4, 0.5) is 26.3 Å². The molecule has 0 radical (unpaired) electrons. The van der Waals surface area contributed by atoms with Crippen LogP contribution in [0.3, 0.4) is 0 Å². The fraction of sp³-hybridized carbons (Fsp3) is 0.417. The molecule has 10 heteroatoms. The summed E-state index contributed by atoms with van der Waals surface area (Å²) in [5.74, 6) is -4.32. The molecule has 1 fully saturated rings. The van der Waals surface area contributed by atoms with Gasteiger partial charge in [0.1, 0.15) is 4.33 Å². The molecule has 1 aromatic rings. The first-order valence-corrected chi connectivity index (χ1v) is 6.42. The molecular formula is C12H6Cl2F6O2. The Balaban J connectivity index is 2.56. The van der Waals surface area contributed by atoms with Gasteiger partial charge in [0, 0.05) is 5.92 Å². The molecule has 0 bridgehead atoms. The number of hydrogen-bond donors (Lipinski definition) is 1. The molecule has 1 unspecified atom stereocenters. The first kappa shape index (κ1) is 17.2. The highest BCUT2D eigenvalue weighted by atomic mass is 35.5. The number of carboxylic acids is 1. The average Bonchev–Trinajstić information content (AvgIpc) is 2.89. The second-order valence-electron chi connectivity index (χ2n) is 4.81. The Hall–Kier alpha value is -1.15. The van der Waals surface area contributed by atoms with E-state index in [1.54, 1.807) is 0 Å². The summed E-state index contributed by atoms with van der Waals surface area (Å²) < 4.78 is 74.4. The molecule has 2 atom stereocenters. The molecule has 2 nitrogen and oxygen atoms in total. The smallest absolute Gasteiger partial charge is 0.416 e. The van der Waals surface area contributed by atoms with Gasteiger partial charge in [-0.2, -0.15) is 26.3 Å². The third-order valence-electron chi connectivity index (χ3n) is 3.29. The zero-order chi connectivity index (χ0) is 17.1. The Labute approximate surface area is 129 Å². The summed E-state index contributed by atoms with van der Waals surface area (Å²) in [4.78, 5) is 10.9. The maximum absolute atomic E-state index is 12.7. The molecule has 2 rings (SSSR count). The van der Waals surface area contributed by atoms with Crippen molar-refractivity contribution in [3.63, 3.8) is 0 Å². The molecule has 1 aliphatic carbocycles. The molecule has 1 saturated carbocycles. The third-order valence-corrected chi connectivity index (χ3v) is 4.23. The lowest BCUT2D eigenvalue weighted by molar-refractivity contribution is -0.143. The van der Waals surface area contributed by atoms with Gasteiger partial charge < -0.3 is 5.11 Å². The molecule has 1 aromatic carbocycles. The minimum Gasteiger partial charge on any atom is -0.481 e. The van der Waals surface area contributed by atoms with Crippen molar-refractivity contribution in [2.24, 2.45) is 5.92 Å². The molecule has 0 heterocycles. The van der Waals surface area contributed by atoms with E-state index < -0.39 is 51.2 Å². The molecule has 0 saturated heterocycles. The van der Waals surface area contributed by atoms with Crippen LogP contribution in [0.2, 0.25) is 0 Å². The maximum Gasteiger partial charge on any atom is 0.416 e. The van der Waals surface area contributed by atoms with Crippen LogP contribution < -0.4 is 0 Å². The second kappa shape index (κ2) is 4.92. The van der Waals surface area contributed by atoms with Gasteiger partial charge in [-0.3, -0.25) is 4.79 Å². The summed E-state index contributed by atoms with van der Waals surface area (Å²) in [7, 11) is 0. The van der Waals surface area contributed by atoms with Crippen molar-refractivity contribution in [2.45, 2.75) is 22.6 Å². The second-order valence-corrected chi connectivity index (χ2v) is 6.25. The van der Waals surface area contributed by atoms with Gasteiger partial charge >= 0.3 is 18.3 Å². The third kappa shape index (κ3) is 2.99. The van der Waals surface area contributed by atoms with Crippen LogP contribution in [0.1, 0.15) is 22.6 Å². The summed E-state index contributed by atoms with van der Waals surface area (Å²) in [5.41, 5.74) is -3.60. The van der Waals surface area contributed by atoms with Crippen molar-refractivity contribution < 1.29 is 36.2 Å². The molecule has 1 aliphatic rings. The molecule has 0 aliphatic heterocycles. The van der Waals surface area contributed by atoms with E-state index >= 15 is 0 Å². The van der Waals surface area contributed by atoms with E-state index in [1.807, 2.05) is 0 Å². The lowest BCUT2D eigenvalue weighted by Crippen LogP contribution is -2.12. The minimum absolute atomic E-state index is 0.0498. The molecule has 0 spiro atoms. The van der Waals surface area contributed by atoms with E-state index in [0.29, 0.717) is 12.1 Å². The van der Waals surface area contributed by atoms with E-state index in [9.17, 15) is 31.1 Å². The number of carboxylic acid groups (broad SMARTS) is 1. The monoisotopic (exact) mass is 366 g/mol. The minimum atomic E-state index is -5.02. The highest BCUT2D eigenvalue weighted by molar-refractivity contribution is 6.53. The highest BCUT2D eigenvalue weighted by Gasteiger charge is 2.68. The Morgan fingerprint density at radius 2 is 1.41 bits per heavy atom. The first-order chi connectivity index (χ1) is 9.76. The highest BCUT2D eigenvalue weighted by Crippen LogP contribution is 2.65. The van der Waals surface area contributed by atoms with Gasteiger partial charge in [0.25, 0.3) is 0 Å². The zero-order valence-corrected chi connectivity index (χ0v) is 11.8. The van der Waals surface area contributed by atoms with Crippen molar-refractivity contribution in [3.8, 4) is 0 Å². The number of halogens is 8. The maximum atomic E-state index is 12.7. The number of rotatable bonds is 2. The molecule has 0 amide bonds. The quantitative estimate of drug-likeness (QED) is 0.608. The number of aliphatic carboxylic acids is 1. The molecule has 0 aromatic heterocycles. The topological polar surface area (TPSA) is 37.3 Å². The lowest BCUT2D eigenvalue weighted by atomic mass is 10.0. The van der Waals surface area contributed by atoms with Crippen LogP contribution in [0.5, 0.6) is 0 Å². The van der Waals surface area contributed by atoms with Gasteiger partial charge in [-0.25, -0.2) is 0 Å². The number of alkyl halides is 8. The van der Waals surface area contributed by atoms with Gasteiger partial charge in [-0.1, -0.05) is 23.2 Å². The van der Waals surface area contributed by atoms with Crippen LogP contribution in [-0.4, -0.2) is 15.4 Å². The van der Waals surface area contributed by atoms with Crippen molar-refractivity contribution in [2.75, 3.05) is 0 Å². The van der Waals surface area contributed by atoms with Crippen LogP contribution in [0.15, 0.2) is 18.2 Å². The standard InChI is InChI=1S/C12H6Cl2F6O2/c13-10(14)7(8(10)9(21)22)4-1-5(11(15,16)17)3-6(2-4)12(18,19)20/h1-3,7-8H,(H,21,22)/t7-,8?/m0/s1. The van der Waals surface area contributed by atoms with Gasteiger partial charge in [0.15, 0.2) is 0 Å². The van der Waals surface area contributed by atoms with Crippen LogP contribution >= 0.6 is 23.2 Å². The Kier molecular flexibility index (Phi) is 3.85. The molecule has 22 heavy (non-hydrogen) atoms. The summed E-state index contributed by atoms with van der Waals surface area (Å²) >= 11 is 11.3. The summed E-state index contributed by atoms with van der Waals surface area (Å²) in [6, 6.07) is 0.816. The van der Waals surface area contributed by atoms with E-state index in [4.69, 9.17) is 28.3 Å².